The van der Waals surface area contributed by atoms with Crippen molar-refractivity contribution in [3.63, 3.8) is 0 Å². The minimum atomic E-state index is -0.307. The Bertz CT molecular complexity index is 793. The average Bonchev–Trinajstić information content (AvgIpc) is 2.63. The minimum Gasteiger partial charge on any atom is -0.430 e. The number of nitrogens with two attached hydrogens (primary N) is 1. The van der Waals surface area contributed by atoms with Crippen LogP contribution in [0.1, 0.15) is 23.6 Å². The molecule has 0 heterocycles. The number of aliphatic imine (C=N–C) groups is 1. The van der Waals surface area contributed by atoms with E-state index >= 15 is 0 Å². The predicted octanol–water partition coefficient (Wildman–Crippen LogP) is 3.70. The third-order valence-corrected chi connectivity index (χ3v) is 4.30. The zero-order chi connectivity index (χ0) is 19.1. The number of likely N-dealkylation sites (N-methyl/N-ethyl adjacent to an activating group) is 1. The number of halogens is 1. The average molecular weight is 373 g/mol. The van der Waals surface area contributed by atoms with Crippen molar-refractivity contribution >= 4 is 23.2 Å². The van der Waals surface area contributed by atoms with Gasteiger partial charge in [0.05, 0.1) is 0 Å². The molecule has 0 spiro atoms. The zero-order valence-electron chi connectivity index (χ0n) is 15.3. The largest absolute Gasteiger partial charge is 0.430 e. The Balaban J connectivity index is 2.09. The molecular weight excluding hydrogens is 349 g/mol. The van der Waals surface area contributed by atoms with Crippen LogP contribution in [0.4, 0.5) is 4.39 Å². The Morgan fingerprint density at radius 3 is 2.62 bits per heavy atom. The molecule has 0 fully saturated rings. The lowest BCUT2D eigenvalue weighted by Crippen LogP contribution is -2.21. The molecule has 26 heavy (non-hydrogen) atoms. The summed E-state index contributed by atoms with van der Waals surface area (Å²) in [5, 5.41) is -0.0488. The second-order valence-electron chi connectivity index (χ2n) is 6.09. The van der Waals surface area contributed by atoms with Crippen molar-refractivity contribution in [3.05, 3.63) is 65.0 Å². The van der Waals surface area contributed by atoms with Gasteiger partial charge in [-0.2, -0.15) is 4.99 Å². The maximum absolute atomic E-state index is 14.4. The molecule has 0 atom stereocenters. The van der Waals surface area contributed by atoms with Gasteiger partial charge in [-0.25, -0.2) is 4.39 Å². The molecule has 6 heteroatoms. The van der Waals surface area contributed by atoms with Gasteiger partial charge < -0.3 is 15.4 Å². The summed E-state index contributed by atoms with van der Waals surface area (Å²) in [4.78, 5) is 6.22. The standard InChI is InChI=1S/C20H24FN3OS/c1-4-24(3)11-10-16-12-14(2)18(13-17(16)21)25-20(26)23-19(22)15-8-6-5-7-9-15/h5-9,12-13H,4,10-11H2,1-3H3,(H2,22,23,26). The number of benzene rings is 2. The first kappa shape index (κ1) is 20.0. The minimum absolute atomic E-state index is 0.0488. The normalized spacial score (nSPS) is 11.7. The molecule has 0 bridgehead atoms. The van der Waals surface area contributed by atoms with Crippen LogP contribution < -0.4 is 10.5 Å². The van der Waals surface area contributed by atoms with Gasteiger partial charge in [0.2, 0.25) is 0 Å². The summed E-state index contributed by atoms with van der Waals surface area (Å²) in [5.74, 6) is 0.301. The van der Waals surface area contributed by atoms with Gasteiger partial charge in [0.25, 0.3) is 5.17 Å². The monoisotopic (exact) mass is 373 g/mol. The Labute approximate surface area is 159 Å². The summed E-state index contributed by atoms with van der Waals surface area (Å²) in [6, 6.07) is 12.4. The highest BCUT2D eigenvalue weighted by Gasteiger charge is 2.11. The number of thiocarbonyl (C=S) groups is 1. The summed E-state index contributed by atoms with van der Waals surface area (Å²) < 4.78 is 19.9. The lowest BCUT2D eigenvalue weighted by molar-refractivity contribution is 0.355. The first-order chi connectivity index (χ1) is 12.4. The number of hydrogen-bond donors (Lipinski definition) is 1. The van der Waals surface area contributed by atoms with Crippen molar-refractivity contribution in [2.24, 2.45) is 10.7 Å². The van der Waals surface area contributed by atoms with Crippen LogP contribution in [-0.4, -0.2) is 36.0 Å². The predicted molar refractivity (Wildman–Crippen MR) is 108 cm³/mol. The molecule has 2 aromatic rings. The molecule has 0 aliphatic rings. The maximum Gasteiger partial charge on any atom is 0.290 e. The van der Waals surface area contributed by atoms with E-state index in [1.54, 1.807) is 6.07 Å². The van der Waals surface area contributed by atoms with E-state index in [1.807, 2.05) is 44.3 Å². The summed E-state index contributed by atoms with van der Waals surface area (Å²) in [6.45, 7) is 5.65. The van der Waals surface area contributed by atoms with Crippen LogP contribution in [0, 0.1) is 12.7 Å². The van der Waals surface area contributed by atoms with Crippen molar-refractivity contribution in [3.8, 4) is 5.75 Å². The SMILES string of the molecule is CCN(C)CCc1cc(C)c(OC(=S)N=C(N)c2ccccc2)cc1F. The van der Waals surface area contributed by atoms with Crippen molar-refractivity contribution in [2.75, 3.05) is 20.1 Å². The van der Waals surface area contributed by atoms with E-state index in [4.69, 9.17) is 22.7 Å². The smallest absolute Gasteiger partial charge is 0.290 e. The van der Waals surface area contributed by atoms with Gasteiger partial charge in [0.15, 0.2) is 0 Å². The third-order valence-electron chi connectivity index (χ3n) is 4.13. The van der Waals surface area contributed by atoms with E-state index in [-0.39, 0.29) is 16.8 Å². The zero-order valence-corrected chi connectivity index (χ0v) is 16.1. The maximum atomic E-state index is 14.4. The van der Waals surface area contributed by atoms with E-state index in [1.165, 1.54) is 6.07 Å². The molecule has 0 aliphatic carbocycles. The number of ether oxygens (including phenoxy) is 1. The number of nitrogens with zero attached hydrogens (tertiary/aromatic N) is 2. The first-order valence-electron chi connectivity index (χ1n) is 8.49. The molecule has 0 unspecified atom stereocenters. The Hall–Kier alpha value is -2.31. The lowest BCUT2D eigenvalue weighted by atomic mass is 10.1. The van der Waals surface area contributed by atoms with Crippen molar-refractivity contribution in [1.82, 2.24) is 4.90 Å². The Morgan fingerprint density at radius 1 is 1.27 bits per heavy atom. The highest BCUT2D eigenvalue weighted by atomic mass is 32.1. The van der Waals surface area contributed by atoms with Crippen LogP contribution in [0.15, 0.2) is 47.5 Å². The van der Waals surface area contributed by atoms with Gasteiger partial charge in [-0.1, -0.05) is 37.3 Å². The molecule has 2 N–H and O–H groups in total. The van der Waals surface area contributed by atoms with Crippen molar-refractivity contribution in [2.45, 2.75) is 20.3 Å². The molecule has 0 aliphatic heterocycles. The topological polar surface area (TPSA) is 50.8 Å². The number of hydrogen-bond acceptors (Lipinski definition) is 3. The van der Waals surface area contributed by atoms with E-state index in [2.05, 4.69) is 16.8 Å². The summed E-state index contributed by atoms with van der Waals surface area (Å²) in [6.07, 6.45) is 0.640. The van der Waals surface area contributed by atoms with E-state index in [0.29, 0.717) is 17.7 Å². The highest BCUT2D eigenvalue weighted by Crippen LogP contribution is 2.23. The van der Waals surface area contributed by atoms with Gasteiger partial charge in [0.1, 0.15) is 17.4 Å². The van der Waals surface area contributed by atoms with E-state index in [0.717, 1.165) is 24.2 Å². The van der Waals surface area contributed by atoms with Crippen LogP contribution >= 0.6 is 12.2 Å². The number of amidine groups is 1. The molecule has 0 aromatic heterocycles. The van der Waals surface area contributed by atoms with Crippen LogP contribution in [0.3, 0.4) is 0 Å². The highest BCUT2D eigenvalue weighted by molar-refractivity contribution is 7.80. The van der Waals surface area contributed by atoms with Gasteiger partial charge in [-0.3, -0.25) is 0 Å². The summed E-state index contributed by atoms with van der Waals surface area (Å²) in [5.41, 5.74) is 8.14. The molecule has 0 amide bonds. The van der Waals surface area contributed by atoms with E-state index < -0.39 is 0 Å². The first-order valence-corrected chi connectivity index (χ1v) is 8.90. The fraction of sp³-hybridized carbons (Fsp3) is 0.300. The van der Waals surface area contributed by atoms with Crippen LogP contribution in [0.2, 0.25) is 0 Å². The fourth-order valence-electron chi connectivity index (χ4n) is 2.38. The molecule has 0 saturated heterocycles. The molecule has 2 rings (SSSR count). The molecule has 138 valence electrons. The molecule has 0 radical (unpaired) electrons. The Kier molecular flexibility index (Phi) is 7.24. The van der Waals surface area contributed by atoms with Crippen molar-refractivity contribution in [1.29, 1.82) is 0 Å². The number of aryl methyl sites for hydroxylation is 1. The van der Waals surface area contributed by atoms with Gasteiger partial charge in [-0.15, -0.1) is 0 Å². The van der Waals surface area contributed by atoms with Gasteiger partial charge in [-0.05, 0) is 56.3 Å². The molecule has 0 saturated carbocycles. The molecule has 4 nitrogen and oxygen atoms in total. The fourth-order valence-corrected chi connectivity index (χ4v) is 2.57. The molecular formula is C20H24FN3OS. The van der Waals surface area contributed by atoms with E-state index in [9.17, 15) is 4.39 Å². The van der Waals surface area contributed by atoms with Crippen LogP contribution in [0.5, 0.6) is 5.75 Å². The lowest BCUT2D eigenvalue weighted by Gasteiger charge is -2.15. The van der Waals surface area contributed by atoms with Crippen molar-refractivity contribution < 1.29 is 9.13 Å². The van der Waals surface area contributed by atoms with Crippen LogP contribution in [-0.2, 0) is 6.42 Å². The Morgan fingerprint density at radius 2 is 1.96 bits per heavy atom. The van der Waals surface area contributed by atoms with Gasteiger partial charge in [0, 0.05) is 18.2 Å². The third kappa shape index (κ3) is 5.61. The number of rotatable bonds is 6. The second kappa shape index (κ2) is 9.40. The molecule has 2 aromatic carbocycles. The second-order valence-corrected chi connectivity index (χ2v) is 6.44. The van der Waals surface area contributed by atoms with Gasteiger partial charge >= 0.3 is 0 Å². The summed E-state index contributed by atoms with van der Waals surface area (Å²) >= 11 is 5.13. The quantitative estimate of drug-likeness (QED) is 0.477. The summed E-state index contributed by atoms with van der Waals surface area (Å²) in [7, 11) is 2.01. The van der Waals surface area contributed by atoms with Crippen LogP contribution in [0.25, 0.3) is 0 Å².